The van der Waals surface area contributed by atoms with E-state index in [0.717, 1.165) is 24.2 Å². The van der Waals surface area contributed by atoms with Crippen LogP contribution in [0.25, 0.3) is 0 Å². The molecule has 0 heterocycles. The summed E-state index contributed by atoms with van der Waals surface area (Å²) in [5, 5.41) is 3.89. The number of nitrogens with zero attached hydrogens (tertiary/aromatic N) is 1. The van der Waals surface area contributed by atoms with E-state index in [1.807, 2.05) is 24.3 Å². The normalized spacial score (nSPS) is 16.8. The summed E-state index contributed by atoms with van der Waals surface area (Å²) in [6, 6.07) is 7.57. The van der Waals surface area contributed by atoms with E-state index in [-0.39, 0.29) is 0 Å². The maximum atomic E-state index is 5.35. The fraction of sp³-hybridized carbons (Fsp3) is 0.462. The first-order valence-corrected chi connectivity index (χ1v) is 5.64. The molecule has 1 aliphatic rings. The van der Waals surface area contributed by atoms with Crippen LogP contribution in [0.2, 0.25) is 0 Å². The van der Waals surface area contributed by atoms with Crippen LogP contribution in [0.4, 0.5) is 0 Å². The van der Waals surface area contributed by atoms with Crippen LogP contribution in [0.1, 0.15) is 31.2 Å². The smallest absolute Gasteiger partial charge is 0.139 e. The molecule has 0 aromatic heterocycles. The summed E-state index contributed by atoms with van der Waals surface area (Å²) in [5.74, 6) is 0.835. The van der Waals surface area contributed by atoms with Crippen molar-refractivity contribution in [2.24, 2.45) is 5.16 Å². The van der Waals surface area contributed by atoms with Crippen molar-refractivity contribution >= 4 is 6.21 Å². The van der Waals surface area contributed by atoms with Crippen molar-refractivity contribution in [3.05, 3.63) is 29.8 Å². The molecule has 0 saturated heterocycles. The minimum atomic E-state index is 0.297. The van der Waals surface area contributed by atoms with Crippen LogP contribution in [0, 0.1) is 0 Å². The van der Waals surface area contributed by atoms with Gasteiger partial charge in [0.15, 0.2) is 0 Å². The zero-order chi connectivity index (χ0) is 11.2. The Morgan fingerprint density at radius 2 is 1.88 bits per heavy atom. The van der Waals surface area contributed by atoms with Gasteiger partial charge in [0.25, 0.3) is 0 Å². The number of methoxy groups -OCH3 is 1. The van der Waals surface area contributed by atoms with E-state index in [2.05, 4.69) is 11.4 Å². The molecule has 1 radical (unpaired) electrons. The maximum absolute atomic E-state index is 5.35. The highest BCUT2D eigenvalue weighted by molar-refractivity contribution is 5.79. The van der Waals surface area contributed by atoms with Crippen LogP contribution in [-0.2, 0) is 4.84 Å². The second-order valence-electron chi connectivity index (χ2n) is 3.94. The van der Waals surface area contributed by atoms with E-state index in [9.17, 15) is 0 Å². The van der Waals surface area contributed by atoms with E-state index in [4.69, 9.17) is 9.57 Å². The topological polar surface area (TPSA) is 30.8 Å². The van der Waals surface area contributed by atoms with Gasteiger partial charge in [-0.25, -0.2) is 0 Å². The van der Waals surface area contributed by atoms with Crippen molar-refractivity contribution in [3.63, 3.8) is 0 Å². The lowest BCUT2D eigenvalue weighted by Gasteiger charge is -2.04. The maximum Gasteiger partial charge on any atom is 0.139 e. The molecule has 0 N–H and O–H groups in total. The fourth-order valence-corrected chi connectivity index (χ4v) is 1.81. The van der Waals surface area contributed by atoms with Crippen molar-refractivity contribution in [2.45, 2.75) is 31.8 Å². The zero-order valence-corrected chi connectivity index (χ0v) is 9.48. The molecular weight excluding hydrogens is 202 g/mol. The van der Waals surface area contributed by atoms with Gasteiger partial charge < -0.3 is 9.57 Å². The van der Waals surface area contributed by atoms with Crippen molar-refractivity contribution in [1.82, 2.24) is 0 Å². The predicted octanol–water partition coefficient (Wildman–Crippen LogP) is 2.87. The van der Waals surface area contributed by atoms with E-state index in [1.54, 1.807) is 7.11 Å². The minimum Gasteiger partial charge on any atom is -0.497 e. The Morgan fingerprint density at radius 3 is 2.50 bits per heavy atom. The monoisotopic (exact) mass is 218 g/mol. The molecule has 1 aliphatic carbocycles. The van der Waals surface area contributed by atoms with Crippen LogP contribution in [-0.4, -0.2) is 19.4 Å². The van der Waals surface area contributed by atoms with Crippen LogP contribution in [0.5, 0.6) is 5.75 Å². The molecule has 1 saturated carbocycles. The second kappa shape index (κ2) is 5.54. The molecule has 3 heteroatoms. The van der Waals surface area contributed by atoms with Crippen molar-refractivity contribution in [3.8, 4) is 5.75 Å². The van der Waals surface area contributed by atoms with E-state index in [1.165, 1.54) is 12.8 Å². The van der Waals surface area contributed by atoms with E-state index in [0.29, 0.717) is 6.10 Å². The molecule has 0 unspecified atom stereocenters. The molecule has 1 aromatic rings. The number of benzene rings is 1. The Morgan fingerprint density at radius 1 is 1.19 bits per heavy atom. The first-order chi connectivity index (χ1) is 7.88. The average Bonchev–Trinajstić information content (AvgIpc) is 2.83. The molecule has 3 nitrogen and oxygen atoms in total. The Kier molecular flexibility index (Phi) is 3.81. The zero-order valence-electron chi connectivity index (χ0n) is 9.48. The quantitative estimate of drug-likeness (QED) is 0.574. The molecule has 0 aliphatic heterocycles. The Labute approximate surface area is 96.1 Å². The van der Waals surface area contributed by atoms with Crippen molar-refractivity contribution in [2.75, 3.05) is 7.11 Å². The lowest BCUT2D eigenvalue weighted by molar-refractivity contribution is 0.0657. The molecule has 0 bridgehead atoms. The third-order valence-electron chi connectivity index (χ3n) is 2.77. The van der Waals surface area contributed by atoms with Gasteiger partial charge in [-0.3, -0.25) is 0 Å². The van der Waals surface area contributed by atoms with Gasteiger partial charge >= 0.3 is 0 Å². The number of hydrogen-bond donors (Lipinski definition) is 0. The van der Waals surface area contributed by atoms with Gasteiger partial charge in [-0.05, 0) is 49.9 Å². The van der Waals surface area contributed by atoms with Crippen LogP contribution >= 0.6 is 0 Å². The first-order valence-electron chi connectivity index (χ1n) is 5.64. The fourth-order valence-electron chi connectivity index (χ4n) is 1.81. The molecule has 1 aromatic carbocycles. The lowest BCUT2D eigenvalue weighted by Crippen LogP contribution is -2.02. The summed E-state index contributed by atoms with van der Waals surface area (Å²) >= 11 is 0. The highest BCUT2D eigenvalue weighted by Gasteiger charge is 2.15. The Balaban J connectivity index is 1.84. The molecule has 85 valence electrons. The lowest BCUT2D eigenvalue weighted by atomic mass is 10.2. The summed E-state index contributed by atoms with van der Waals surface area (Å²) in [6.45, 7) is 0. The van der Waals surface area contributed by atoms with Crippen molar-refractivity contribution in [1.29, 1.82) is 0 Å². The van der Waals surface area contributed by atoms with E-state index < -0.39 is 0 Å². The number of hydrogen-bond acceptors (Lipinski definition) is 3. The van der Waals surface area contributed by atoms with E-state index >= 15 is 0 Å². The van der Waals surface area contributed by atoms with Gasteiger partial charge in [0.1, 0.15) is 18.1 Å². The van der Waals surface area contributed by atoms with Crippen LogP contribution in [0.3, 0.4) is 0 Å². The first kappa shape index (κ1) is 11.0. The number of rotatable bonds is 4. The molecule has 0 atom stereocenters. The third-order valence-corrected chi connectivity index (χ3v) is 2.77. The van der Waals surface area contributed by atoms with Gasteiger partial charge in [-0.2, -0.15) is 0 Å². The van der Waals surface area contributed by atoms with Gasteiger partial charge in [-0.15, -0.1) is 0 Å². The van der Waals surface area contributed by atoms with Crippen LogP contribution < -0.4 is 4.74 Å². The Bertz CT molecular complexity index is 339. The summed E-state index contributed by atoms with van der Waals surface area (Å²) in [4.78, 5) is 5.35. The largest absolute Gasteiger partial charge is 0.497 e. The predicted molar refractivity (Wildman–Crippen MR) is 62.9 cm³/mol. The number of ether oxygens (including phenoxy) is 1. The van der Waals surface area contributed by atoms with Crippen molar-refractivity contribution < 1.29 is 9.57 Å². The van der Waals surface area contributed by atoms with Gasteiger partial charge in [0, 0.05) is 5.56 Å². The molecule has 0 spiro atoms. The molecular formula is C13H16NO2. The van der Waals surface area contributed by atoms with Gasteiger partial charge in [0.05, 0.1) is 7.11 Å². The van der Waals surface area contributed by atoms with Crippen LogP contribution in [0.15, 0.2) is 29.4 Å². The third kappa shape index (κ3) is 2.99. The van der Waals surface area contributed by atoms with Gasteiger partial charge in [-0.1, -0.05) is 5.16 Å². The SMILES string of the molecule is COc1ccc(/[C]=N/OC2CCCC2)cc1. The molecule has 1 fully saturated rings. The summed E-state index contributed by atoms with van der Waals surface area (Å²) in [7, 11) is 1.65. The molecule has 0 amide bonds. The highest BCUT2D eigenvalue weighted by Crippen LogP contribution is 2.20. The standard InChI is InChI=1S/C13H16NO2/c1-15-12-8-6-11(7-9-12)10-14-16-13-4-2-3-5-13/h6-9,13H,2-5H2,1H3. The highest BCUT2D eigenvalue weighted by atomic mass is 16.6. The summed E-state index contributed by atoms with van der Waals surface area (Å²) < 4.78 is 5.07. The molecule has 2 rings (SSSR count). The summed E-state index contributed by atoms with van der Waals surface area (Å²) in [5.41, 5.74) is 0.902. The Hall–Kier alpha value is -1.51. The molecule has 16 heavy (non-hydrogen) atoms. The second-order valence-corrected chi connectivity index (χ2v) is 3.94. The summed E-state index contributed by atoms with van der Waals surface area (Å²) in [6.07, 6.45) is 7.91. The average molecular weight is 218 g/mol. The van der Waals surface area contributed by atoms with Gasteiger partial charge in [0.2, 0.25) is 0 Å². The minimum absolute atomic E-state index is 0.297.